The number of hydrogen-bond donors (Lipinski definition) is 2. The molecule has 2 amide bonds. The van der Waals surface area contributed by atoms with Crippen molar-refractivity contribution in [3.05, 3.63) is 60.4 Å². The number of hydrazine groups is 1. The first kappa shape index (κ1) is 22.2. The third-order valence-electron chi connectivity index (χ3n) is 6.40. The number of anilines is 1. The molecule has 0 aliphatic carbocycles. The van der Waals surface area contributed by atoms with E-state index in [1.54, 1.807) is 21.9 Å². The lowest BCUT2D eigenvalue weighted by atomic mass is 9.82. The standard InChI is InChI=1S/C24H29FN4O3/c1-28(18-7-3-2-4-8-18)24(31)19-15-26-27-23(19)17-11-13-29(14-12-17)22(30)16-32-21-10-6-5-9-20(21)25/h2-10,17,19,23,26-27H,11-16H2,1H3. The molecule has 170 valence electrons. The summed E-state index contributed by atoms with van der Waals surface area (Å²) >= 11 is 0. The van der Waals surface area contributed by atoms with Crippen molar-refractivity contribution in [1.82, 2.24) is 15.8 Å². The number of nitrogens with one attached hydrogen (secondary N) is 2. The van der Waals surface area contributed by atoms with Crippen LogP contribution in [0.25, 0.3) is 0 Å². The molecule has 0 radical (unpaired) electrons. The summed E-state index contributed by atoms with van der Waals surface area (Å²) in [6.07, 6.45) is 1.59. The van der Waals surface area contributed by atoms with E-state index < -0.39 is 5.82 Å². The number of carbonyl (C=O) groups is 2. The van der Waals surface area contributed by atoms with Gasteiger partial charge in [0.1, 0.15) is 0 Å². The highest BCUT2D eigenvalue weighted by Gasteiger charge is 2.41. The Balaban J connectivity index is 1.30. The Hall–Kier alpha value is -2.97. The van der Waals surface area contributed by atoms with Crippen molar-refractivity contribution < 1.29 is 18.7 Å². The molecular formula is C24H29FN4O3. The van der Waals surface area contributed by atoms with Crippen molar-refractivity contribution in [1.29, 1.82) is 0 Å². The van der Waals surface area contributed by atoms with Crippen LogP contribution in [0.1, 0.15) is 12.8 Å². The minimum Gasteiger partial charge on any atom is -0.481 e. The lowest BCUT2D eigenvalue weighted by Crippen LogP contribution is -2.49. The van der Waals surface area contributed by atoms with Crippen LogP contribution >= 0.6 is 0 Å². The van der Waals surface area contributed by atoms with Gasteiger partial charge in [-0.2, -0.15) is 0 Å². The molecule has 2 saturated heterocycles. The molecule has 2 fully saturated rings. The maximum Gasteiger partial charge on any atom is 0.260 e. The molecule has 2 N–H and O–H groups in total. The van der Waals surface area contributed by atoms with Crippen molar-refractivity contribution >= 4 is 17.5 Å². The second-order valence-corrected chi connectivity index (χ2v) is 8.33. The molecule has 2 aliphatic rings. The predicted octanol–water partition coefficient (Wildman–Crippen LogP) is 2.20. The van der Waals surface area contributed by atoms with Crippen LogP contribution in [0.2, 0.25) is 0 Å². The van der Waals surface area contributed by atoms with Crippen LogP contribution in [0.3, 0.4) is 0 Å². The molecule has 0 aromatic heterocycles. The van der Waals surface area contributed by atoms with Crippen LogP contribution in [0, 0.1) is 17.7 Å². The molecule has 2 aliphatic heterocycles. The van der Waals surface area contributed by atoms with Gasteiger partial charge in [-0.15, -0.1) is 0 Å². The smallest absolute Gasteiger partial charge is 0.260 e. The third kappa shape index (κ3) is 4.92. The van der Waals surface area contributed by atoms with Gasteiger partial charge in [-0.1, -0.05) is 30.3 Å². The molecule has 0 spiro atoms. The Labute approximate surface area is 187 Å². The maximum atomic E-state index is 13.7. The van der Waals surface area contributed by atoms with Gasteiger partial charge in [0.2, 0.25) is 5.91 Å². The molecule has 2 aromatic rings. The van der Waals surface area contributed by atoms with E-state index in [-0.39, 0.29) is 42.0 Å². The van der Waals surface area contributed by atoms with Gasteiger partial charge < -0.3 is 14.5 Å². The normalized spacial score (nSPS) is 21.4. The van der Waals surface area contributed by atoms with E-state index in [0.717, 1.165) is 18.5 Å². The van der Waals surface area contributed by atoms with Gasteiger partial charge in [0, 0.05) is 38.4 Å². The Morgan fingerprint density at radius 2 is 1.78 bits per heavy atom. The highest BCUT2D eigenvalue weighted by molar-refractivity contribution is 5.95. The molecule has 32 heavy (non-hydrogen) atoms. The van der Waals surface area contributed by atoms with Gasteiger partial charge in [-0.05, 0) is 43.0 Å². The van der Waals surface area contributed by atoms with E-state index in [2.05, 4.69) is 10.9 Å². The van der Waals surface area contributed by atoms with E-state index in [1.807, 2.05) is 37.4 Å². The Bertz CT molecular complexity index is 934. The highest BCUT2D eigenvalue weighted by atomic mass is 19.1. The monoisotopic (exact) mass is 440 g/mol. The van der Waals surface area contributed by atoms with E-state index >= 15 is 0 Å². The summed E-state index contributed by atoms with van der Waals surface area (Å²) in [7, 11) is 1.81. The van der Waals surface area contributed by atoms with Crippen LogP contribution in [-0.2, 0) is 9.59 Å². The fourth-order valence-corrected chi connectivity index (χ4v) is 4.53. The summed E-state index contributed by atoms with van der Waals surface area (Å²) in [6.45, 7) is 1.59. The summed E-state index contributed by atoms with van der Waals surface area (Å²) in [6, 6.07) is 15.7. The average Bonchev–Trinajstić information content (AvgIpc) is 3.33. The quantitative estimate of drug-likeness (QED) is 0.721. The average molecular weight is 441 g/mol. The molecular weight excluding hydrogens is 411 g/mol. The van der Waals surface area contributed by atoms with Gasteiger partial charge in [0.05, 0.1) is 5.92 Å². The van der Waals surface area contributed by atoms with Crippen molar-refractivity contribution in [2.75, 3.05) is 38.2 Å². The SMILES string of the molecule is CN(C(=O)C1CNNC1C1CCN(C(=O)COc2ccccc2F)CC1)c1ccccc1. The number of amides is 2. The Morgan fingerprint density at radius 3 is 2.50 bits per heavy atom. The van der Waals surface area contributed by atoms with Crippen LogP contribution in [0.15, 0.2) is 54.6 Å². The van der Waals surface area contributed by atoms with Crippen LogP contribution in [-0.4, -0.2) is 56.0 Å². The van der Waals surface area contributed by atoms with Gasteiger partial charge >= 0.3 is 0 Å². The van der Waals surface area contributed by atoms with E-state index in [1.165, 1.54) is 12.1 Å². The molecule has 4 rings (SSSR count). The topological polar surface area (TPSA) is 73.9 Å². The molecule has 2 atom stereocenters. The maximum absolute atomic E-state index is 13.7. The summed E-state index contributed by atoms with van der Waals surface area (Å²) in [4.78, 5) is 29.1. The van der Waals surface area contributed by atoms with Gasteiger partial charge in [0.25, 0.3) is 5.91 Å². The second kappa shape index (κ2) is 10.1. The van der Waals surface area contributed by atoms with Gasteiger partial charge in [0.15, 0.2) is 18.2 Å². The molecule has 0 bridgehead atoms. The fraction of sp³-hybridized carbons (Fsp3) is 0.417. The number of hydrogen-bond acceptors (Lipinski definition) is 5. The zero-order chi connectivity index (χ0) is 22.5. The van der Waals surface area contributed by atoms with Gasteiger partial charge in [-0.3, -0.25) is 20.4 Å². The molecule has 2 aromatic carbocycles. The molecule has 2 heterocycles. The van der Waals surface area contributed by atoms with E-state index in [4.69, 9.17) is 4.74 Å². The number of likely N-dealkylation sites (tertiary alicyclic amines) is 1. The van der Waals surface area contributed by atoms with Gasteiger partial charge in [-0.25, -0.2) is 4.39 Å². The molecule has 0 saturated carbocycles. The van der Waals surface area contributed by atoms with E-state index in [0.29, 0.717) is 19.6 Å². The van der Waals surface area contributed by atoms with Crippen molar-refractivity contribution in [3.8, 4) is 5.75 Å². The van der Waals surface area contributed by atoms with Crippen molar-refractivity contribution in [2.45, 2.75) is 18.9 Å². The van der Waals surface area contributed by atoms with Crippen LogP contribution in [0.4, 0.5) is 10.1 Å². The minimum atomic E-state index is -0.477. The summed E-state index contributed by atoms with van der Waals surface area (Å²) in [5.74, 6) is -0.358. The number of nitrogens with zero attached hydrogens (tertiary/aromatic N) is 2. The number of halogens is 1. The largest absolute Gasteiger partial charge is 0.481 e. The lowest BCUT2D eigenvalue weighted by molar-refractivity contribution is -0.135. The first-order valence-electron chi connectivity index (χ1n) is 11.0. The summed E-state index contributed by atoms with van der Waals surface area (Å²) < 4.78 is 19.0. The number of para-hydroxylation sites is 2. The third-order valence-corrected chi connectivity index (χ3v) is 6.40. The minimum absolute atomic E-state index is 0.0144. The second-order valence-electron chi connectivity index (χ2n) is 8.33. The first-order valence-corrected chi connectivity index (χ1v) is 11.0. The zero-order valence-corrected chi connectivity index (χ0v) is 18.2. The first-order chi connectivity index (χ1) is 15.5. The zero-order valence-electron chi connectivity index (χ0n) is 18.2. The van der Waals surface area contributed by atoms with Crippen molar-refractivity contribution in [3.63, 3.8) is 0 Å². The Morgan fingerprint density at radius 1 is 1.09 bits per heavy atom. The number of piperidine rings is 1. The van der Waals surface area contributed by atoms with Crippen LogP contribution < -0.4 is 20.5 Å². The number of carbonyl (C=O) groups excluding carboxylic acids is 2. The number of rotatable bonds is 6. The summed E-state index contributed by atoms with van der Waals surface area (Å²) in [5.41, 5.74) is 7.32. The number of ether oxygens (including phenoxy) is 1. The lowest BCUT2D eigenvalue weighted by Gasteiger charge is -2.36. The van der Waals surface area contributed by atoms with Crippen molar-refractivity contribution in [2.24, 2.45) is 11.8 Å². The fourth-order valence-electron chi connectivity index (χ4n) is 4.53. The number of benzene rings is 2. The predicted molar refractivity (Wildman–Crippen MR) is 119 cm³/mol. The highest BCUT2D eigenvalue weighted by Crippen LogP contribution is 2.29. The molecule has 7 nitrogen and oxygen atoms in total. The summed E-state index contributed by atoms with van der Waals surface area (Å²) in [5, 5.41) is 0. The molecule has 8 heteroatoms. The Kier molecular flexibility index (Phi) is 7.02. The van der Waals surface area contributed by atoms with E-state index in [9.17, 15) is 14.0 Å². The van der Waals surface area contributed by atoms with Crippen LogP contribution in [0.5, 0.6) is 5.75 Å². The molecule has 2 unspecified atom stereocenters.